The van der Waals surface area contributed by atoms with Crippen molar-refractivity contribution in [2.24, 2.45) is 16.8 Å². The number of hydrogen-bond acceptors (Lipinski definition) is 3. The molecule has 0 radical (unpaired) electrons. The highest BCUT2D eigenvalue weighted by molar-refractivity contribution is 5.79. The SMILES string of the molecule is CCC(C)C(C)NC(=NCCCOC)NN. The van der Waals surface area contributed by atoms with Crippen molar-refractivity contribution in [1.29, 1.82) is 0 Å². The van der Waals surface area contributed by atoms with Crippen molar-refractivity contribution in [3.63, 3.8) is 0 Å². The molecule has 0 bridgehead atoms. The molecule has 0 aromatic carbocycles. The quantitative estimate of drug-likeness (QED) is 0.199. The van der Waals surface area contributed by atoms with Crippen LogP contribution in [0.2, 0.25) is 0 Å². The Balaban J connectivity index is 3.97. The van der Waals surface area contributed by atoms with E-state index in [4.69, 9.17) is 10.6 Å². The summed E-state index contributed by atoms with van der Waals surface area (Å²) in [6, 6.07) is 0.363. The first kappa shape index (κ1) is 15.2. The van der Waals surface area contributed by atoms with Gasteiger partial charge in [0.1, 0.15) is 0 Å². The van der Waals surface area contributed by atoms with E-state index in [1.54, 1.807) is 7.11 Å². The van der Waals surface area contributed by atoms with E-state index in [0.29, 0.717) is 24.5 Å². The minimum absolute atomic E-state index is 0.363. The molecule has 2 unspecified atom stereocenters. The maximum absolute atomic E-state index is 5.40. The molecule has 5 heteroatoms. The maximum atomic E-state index is 5.40. The Morgan fingerprint density at radius 2 is 2.12 bits per heavy atom. The number of aliphatic imine (C=N–C) groups is 1. The van der Waals surface area contributed by atoms with Gasteiger partial charge in [-0.3, -0.25) is 10.4 Å². The molecule has 0 aliphatic carbocycles. The summed E-state index contributed by atoms with van der Waals surface area (Å²) in [7, 11) is 1.69. The molecule has 0 saturated carbocycles. The summed E-state index contributed by atoms with van der Waals surface area (Å²) in [6.07, 6.45) is 2.04. The van der Waals surface area contributed by atoms with Crippen LogP contribution in [-0.2, 0) is 4.74 Å². The highest BCUT2D eigenvalue weighted by Crippen LogP contribution is 2.05. The van der Waals surface area contributed by atoms with Crippen LogP contribution in [0.3, 0.4) is 0 Å². The molecule has 0 fully saturated rings. The van der Waals surface area contributed by atoms with Gasteiger partial charge < -0.3 is 10.1 Å². The standard InChI is InChI=1S/C11H26N4O/c1-5-9(2)10(3)14-11(15-12)13-7-6-8-16-4/h9-10H,5-8,12H2,1-4H3,(H2,13,14,15). The summed E-state index contributed by atoms with van der Waals surface area (Å²) in [5.41, 5.74) is 2.59. The number of nitrogens with two attached hydrogens (primary N) is 1. The molecule has 2 atom stereocenters. The smallest absolute Gasteiger partial charge is 0.205 e. The van der Waals surface area contributed by atoms with Gasteiger partial charge >= 0.3 is 0 Å². The third-order valence-electron chi connectivity index (χ3n) is 2.78. The fourth-order valence-corrected chi connectivity index (χ4v) is 1.24. The van der Waals surface area contributed by atoms with Gasteiger partial charge in [0.25, 0.3) is 0 Å². The van der Waals surface area contributed by atoms with Crippen molar-refractivity contribution in [3.05, 3.63) is 0 Å². The molecule has 0 heterocycles. The van der Waals surface area contributed by atoms with Crippen LogP contribution in [-0.4, -0.2) is 32.3 Å². The molecule has 0 aromatic heterocycles. The maximum Gasteiger partial charge on any atom is 0.205 e. The van der Waals surface area contributed by atoms with Gasteiger partial charge in [-0.25, -0.2) is 5.84 Å². The number of hydrogen-bond donors (Lipinski definition) is 3. The minimum atomic E-state index is 0.363. The number of guanidine groups is 1. The zero-order valence-electron chi connectivity index (χ0n) is 10.9. The zero-order chi connectivity index (χ0) is 12.4. The molecule has 0 aliphatic heterocycles. The summed E-state index contributed by atoms with van der Waals surface area (Å²) in [5.74, 6) is 6.65. The van der Waals surface area contributed by atoms with E-state index in [1.165, 1.54) is 0 Å². The van der Waals surface area contributed by atoms with Gasteiger partial charge in [-0.05, 0) is 19.3 Å². The average molecular weight is 230 g/mol. The number of nitrogens with zero attached hydrogens (tertiary/aromatic N) is 1. The Morgan fingerprint density at radius 1 is 1.44 bits per heavy atom. The van der Waals surface area contributed by atoms with Crippen molar-refractivity contribution < 1.29 is 4.74 Å². The lowest BCUT2D eigenvalue weighted by atomic mass is 10.0. The zero-order valence-corrected chi connectivity index (χ0v) is 10.9. The topological polar surface area (TPSA) is 71.7 Å². The summed E-state index contributed by atoms with van der Waals surface area (Å²) >= 11 is 0. The van der Waals surface area contributed by atoms with Gasteiger partial charge in [-0.1, -0.05) is 20.3 Å². The summed E-state index contributed by atoms with van der Waals surface area (Å²) in [6.45, 7) is 7.96. The fraction of sp³-hybridized carbons (Fsp3) is 0.909. The first-order valence-corrected chi connectivity index (χ1v) is 5.92. The highest BCUT2D eigenvalue weighted by Gasteiger charge is 2.10. The van der Waals surface area contributed by atoms with Crippen LogP contribution in [0.1, 0.15) is 33.6 Å². The first-order chi connectivity index (χ1) is 7.65. The van der Waals surface area contributed by atoms with E-state index < -0.39 is 0 Å². The molecule has 0 aromatic rings. The van der Waals surface area contributed by atoms with E-state index in [-0.39, 0.29) is 0 Å². The predicted molar refractivity (Wildman–Crippen MR) is 68.2 cm³/mol. The predicted octanol–water partition coefficient (Wildman–Crippen LogP) is 0.866. The molecule has 5 nitrogen and oxygen atoms in total. The second-order valence-electron chi connectivity index (χ2n) is 4.04. The van der Waals surface area contributed by atoms with Gasteiger partial charge in [-0.15, -0.1) is 0 Å². The Bertz CT molecular complexity index is 196. The average Bonchev–Trinajstić information content (AvgIpc) is 2.31. The molecular weight excluding hydrogens is 204 g/mol. The largest absolute Gasteiger partial charge is 0.385 e. The molecule has 0 amide bonds. The van der Waals surface area contributed by atoms with Crippen molar-refractivity contribution >= 4 is 5.96 Å². The summed E-state index contributed by atoms with van der Waals surface area (Å²) in [5, 5.41) is 3.27. The van der Waals surface area contributed by atoms with Gasteiger partial charge in [0.05, 0.1) is 0 Å². The second-order valence-corrected chi connectivity index (χ2v) is 4.04. The van der Waals surface area contributed by atoms with Crippen LogP contribution >= 0.6 is 0 Å². The van der Waals surface area contributed by atoms with Crippen molar-refractivity contribution in [3.8, 4) is 0 Å². The van der Waals surface area contributed by atoms with Crippen LogP contribution in [0, 0.1) is 5.92 Å². The molecular formula is C11H26N4O. The normalized spacial score (nSPS) is 15.7. The lowest BCUT2D eigenvalue weighted by molar-refractivity contribution is 0.197. The Hall–Kier alpha value is -0.810. The van der Waals surface area contributed by atoms with Gasteiger partial charge in [0.15, 0.2) is 0 Å². The summed E-state index contributed by atoms with van der Waals surface area (Å²) < 4.78 is 4.95. The van der Waals surface area contributed by atoms with Crippen LogP contribution in [0.5, 0.6) is 0 Å². The molecule has 0 aliphatic rings. The van der Waals surface area contributed by atoms with E-state index >= 15 is 0 Å². The van der Waals surface area contributed by atoms with Crippen LogP contribution < -0.4 is 16.6 Å². The third-order valence-corrected chi connectivity index (χ3v) is 2.78. The highest BCUT2D eigenvalue weighted by atomic mass is 16.5. The molecule has 0 saturated heterocycles. The van der Waals surface area contributed by atoms with E-state index in [1.807, 2.05) is 0 Å². The van der Waals surface area contributed by atoms with Crippen molar-refractivity contribution in [1.82, 2.24) is 10.7 Å². The summed E-state index contributed by atoms with van der Waals surface area (Å²) in [4.78, 5) is 4.33. The van der Waals surface area contributed by atoms with Crippen LogP contribution in [0.4, 0.5) is 0 Å². The number of ether oxygens (including phenoxy) is 1. The number of nitrogens with one attached hydrogen (secondary N) is 2. The second kappa shape index (κ2) is 9.42. The molecule has 0 spiro atoms. The molecule has 96 valence electrons. The fourth-order valence-electron chi connectivity index (χ4n) is 1.24. The number of rotatable bonds is 7. The molecule has 16 heavy (non-hydrogen) atoms. The Labute approximate surface area is 98.8 Å². The molecule has 4 N–H and O–H groups in total. The molecule has 0 rings (SSSR count). The van der Waals surface area contributed by atoms with Gasteiger partial charge in [0, 0.05) is 26.3 Å². The Morgan fingerprint density at radius 3 is 2.62 bits per heavy atom. The first-order valence-electron chi connectivity index (χ1n) is 5.92. The number of hydrazine groups is 1. The number of methoxy groups -OCH3 is 1. The van der Waals surface area contributed by atoms with E-state index in [0.717, 1.165) is 19.4 Å². The van der Waals surface area contributed by atoms with Crippen molar-refractivity contribution in [2.75, 3.05) is 20.3 Å². The third kappa shape index (κ3) is 6.63. The van der Waals surface area contributed by atoms with Gasteiger partial charge in [-0.2, -0.15) is 0 Å². The Kier molecular flexibility index (Phi) is 8.94. The lowest BCUT2D eigenvalue weighted by Gasteiger charge is -2.21. The van der Waals surface area contributed by atoms with E-state index in [2.05, 4.69) is 36.5 Å². The van der Waals surface area contributed by atoms with Crippen LogP contribution in [0.15, 0.2) is 4.99 Å². The van der Waals surface area contributed by atoms with E-state index in [9.17, 15) is 0 Å². The lowest BCUT2D eigenvalue weighted by Crippen LogP contribution is -2.47. The monoisotopic (exact) mass is 230 g/mol. The van der Waals surface area contributed by atoms with Gasteiger partial charge in [0.2, 0.25) is 5.96 Å². The minimum Gasteiger partial charge on any atom is -0.385 e. The van der Waals surface area contributed by atoms with Crippen LogP contribution in [0.25, 0.3) is 0 Å². The van der Waals surface area contributed by atoms with Crippen molar-refractivity contribution in [2.45, 2.75) is 39.7 Å².